The number of esters is 1. The van der Waals surface area contributed by atoms with Crippen molar-refractivity contribution in [1.82, 2.24) is 0 Å². The molecule has 2 aromatic rings. The Kier molecular flexibility index (Phi) is 8.87. The van der Waals surface area contributed by atoms with Crippen molar-refractivity contribution < 1.29 is 28.6 Å². The van der Waals surface area contributed by atoms with E-state index in [1.54, 1.807) is 48.5 Å². The number of anilines is 1. The SMILES string of the molecule is CCCOc1ccc(C(=O)CCC(=O)O[C@@H](C)C(=O)Nc2ccccc2OC)cc1. The number of para-hydroxylation sites is 2. The molecule has 0 aromatic heterocycles. The third kappa shape index (κ3) is 6.92. The minimum absolute atomic E-state index is 0.00511. The van der Waals surface area contributed by atoms with Gasteiger partial charge in [-0.25, -0.2) is 0 Å². The Morgan fingerprint density at radius 3 is 2.37 bits per heavy atom. The number of carbonyl (C=O) groups is 3. The lowest BCUT2D eigenvalue weighted by Gasteiger charge is -2.15. The summed E-state index contributed by atoms with van der Waals surface area (Å²) in [5.41, 5.74) is 0.975. The van der Waals surface area contributed by atoms with Crippen LogP contribution in [0.1, 0.15) is 43.5 Å². The molecule has 0 heterocycles. The van der Waals surface area contributed by atoms with E-state index in [1.807, 2.05) is 6.92 Å². The summed E-state index contributed by atoms with van der Waals surface area (Å²) in [6.45, 7) is 4.10. The van der Waals surface area contributed by atoms with Crippen molar-refractivity contribution in [3.8, 4) is 11.5 Å². The fourth-order valence-electron chi connectivity index (χ4n) is 2.61. The Balaban J connectivity index is 1.80. The van der Waals surface area contributed by atoms with E-state index in [0.29, 0.717) is 29.4 Å². The molecule has 7 nitrogen and oxygen atoms in total. The first kappa shape index (κ1) is 22.9. The monoisotopic (exact) mass is 413 g/mol. The van der Waals surface area contributed by atoms with Crippen molar-refractivity contribution in [3.63, 3.8) is 0 Å². The van der Waals surface area contributed by atoms with Crippen LogP contribution in [0.5, 0.6) is 11.5 Å². The normalized spacial score (nSPS) is 11.3. The van der Waals surface area contributed by atoms with Crippen LogP contribution in [0, 0.1) is 0 Å². The van der Waals surface area contributed by atoms with Gasteiger partial charge in [0.1, 0.15) is 11.5 Å². The summed E-state index contributed by atoms with van der Waals surface area (Å²) >= 11 is 0. The minimum atomic E-state index is -1.01. The molecule has 0 saturated heterocycles. The molecule has 1 N–H and O–H groups in total. The van der Waals surface area contributed by atoms with E-state index in [1.165, 1.54) is 14.0 Å². The molecule has 2 aromatic carbocycles. The Morgan fingerprint density at radius 1 is 1.00 bits per heavy atom. The van der Waals surface area contributed by atoms with E-state index in [2.05, 4.69) is 5.32 Å². The zero-order valence-electron chi connectivity index (χ0n) is 17.5. The van der Waals surface area contributed by atoms with Crippen molar-refractivity contribution in [2.75, 3.05) is 19.0 Å². The van der Waals surface area contributed by atoms with Crippen molar-refractivity contribution in [2.24, 2.45) is 0 Å². The smallest absolute Gasteiger partial charge is 0.307 e. The fourth-order valence-corrected chi connectivity index (χ4v) is 2.61. The van der Waals surface area contributed by atoms with E-state index in [0.717, 1.165) is 6.42 Å². The van der Waals surface area contributed by atoms with E-state index in [4.69, 9.17) is 14.2 Å². The highest BCUT2D eigenvalue weighted by molar-refractivity contribution is 5.98. The maximum atomic E-state index is 12.3. The number of hydrogen-bond donors (Lipinski definition) is 1. The average Bonchev–Trinajstić information content (AvgIpc) is 2.76. The Hall–Kier alpha value is -3.35. The van der Waals surface area contributed by atoms with Crippen LogP contribution in [0.3, 0.4) is 0 Å². The van der Waals surface area contributed by atoms with E-state index < -0.39 is 18.0 Å². The first-order valence-corrected chi connectivity index (χ1v) is 9.84. The predicted molar refractivity (Wildman–Crippen MR) is 113 cm³/mol. The molecular weight excluding hydrogens is 386 g/mol. The van der Waals surface area contributed by atoms with Gasteiger partial charge in [-0.2, -0.15) is 0 Å². The maximum absolute atomic E-state index is 12.3. The molecule has 0 aliphatic carbocycles. The zero-order chi connectivity index (χ0) is 21.9. The quantitative estimate of drug-likeness (QED) is 0.442. The topological polar surface area (TPSA) is 90.9 Å². The third-order valence-corrected chi connectivity index (χ3v) is 4.25. The zero-order valence-corrected chi connectivity index (χ0v) is 17.5. The first-order valence-electron chi connectivity index (χ1n) is 9.84. The van der Waals surface area contributed by atoms with Gasteiger partial charge in [0.05, 0.1) is 25.8 Å². The number of methoxy groups -OCH3 is 1. The van der Waals surface area contributed by atoms with Crippen LogP contribution in [0.25, 0.3) is 0 Å². The fraction of sp³-hybridized carbons (Fsp3) is 0.348. The van der Waals surface area contributed by atoms with Gasteiger partial charge in [-0.1, -0.05) is 19.1 Å². The maximum Gasteiger partial charge on any atom is 0.307 e. The van der Waals surface area contributed by atoms with Gasteiger partial charge < -0.3 is 19.5 Å². The third-order valence-electron chi connectivity index (χ3n) is 4.25. The largest absolute Gasteiger partial charge is 0.495 e. The molecular formula is C23H27NO6. The van der Waals surface area contributed by atoms with Crippen molar-refractivity contribution in [1.29, 1.82) is 0 Å². The summed E-state index contributed by atoms with van der Waals surface area (Å²) in [6, 6.07) is 13.7. The highest BCUT2D eigenvalue weighted by Crippen LogP contribution is 2.23. The number of Topliss-reactive ketones (excluding diaryl/α,β-unsaturated/α-hetero) is 1. The molecule has 0 bridgehead atoms. The summed E-state index contributed by atoms with van der Waals surface area (Å²) < 4.78 is 15.8. The van der Waals surface area contributed by atoms with Gasteiger partial charge in [-0.3, -0.25) is 14.4 Å². The Morgan fingerprint density at radius 2 is 1.70 bits per heavy atom. The molecule has 2 rings (SSSR count). The molecule has 0 fully saturated rings. The molecule has 1 amide bonds. The number of amides is 1. The second-order valence-corrected chi connectivity index (χ2v) is 6.62. The number of benzene rings is 2. The number of ketones is 1. The van der Waals surface area contributed by atoms with Crippen molar-refractivity contribution in [3.05, 3.63) is 54.1 Å². The van der Waals surface area contributed by atoms with Gasteiger partial charge in [0, 0.05) is 12.0 Å². The van der Waals surface area contributed by atoms with E-state index in [9.17, 15) is 14.4 Å². The molecule has 1 atom stereocenters. The van der Waals surface area contributed by atoms with Gasteiger partial charge >= 0.3 is 5.97 Å². The summed E-state index contributed by atoms with van der Waals surface area (Å²) in [5, 5.41) is 2.66. The molecule has 0 radical (unpaired) electrons. The van der Waals surface area contributed by atoms with Gasteiger partial charge in [0.2, 0.25) is 0 Å². The Bertz CT molecular complexity index is 862. The highest BCUT2D eigenvalue weighted by atomic mass is 16.5. The highest BCUT2D eigenvalue weighted by Gasteiger charge is 2.20. The summed E-state index contributed by atoms with van der Waals surface area (Å²) in [4.78, 5) is 36.6. The lowest BCUT2D eigenvalue weighted by Crippen LogP contribution is -2.30. The minimum Gasteiger partial charge on any atom is -0.495 e. The molecule has 7 heteroatoms. The van der Waals surface area contributed by atoms with E-state index in [-0.39, 0.29) is 18.6 Å². The van der Waals surface area contributed by atoms with Crippen LogP contribution in [-0.4, -0.2) is 37.5 Å². The van der Waals surface area contributed by atoms with Crippen LogP contribution in [0.15, 0.2) is 48.5 Å². The van der Waals surface area contributed by atoms with Crippen LogP contribution < -0.4 is 14.8 Å². The first-order chi connectivity index (χ1) is 14.4. The van der Waals surface area contributed by atoms with Crippen LogP contribution in [-0.2, 0) is 14.3 Å². The van der Waals surface area contributed by atoms with Crippen LogP contribution in [0.4, 0.5) is 5.69 Å². The summed E-state index contributed by atoms with van der Waals surface area (Å²) in [7, 11) is 1.50. The molecule has 160 valence electrons. The summed E-state index contributed by atoms with van der Waals surface area (Å²) in [5.74, 6) is -0.0836. The van der Waals surface area contributed by atoms with Gasteiger partial charge in [0.25, 0.3) is 5.91 Å². The molecule has 0 saturated carbocycles. The molecule has 0 aliphatic heterocycles. The molecule has 0 aliphatic rings. The number of hydrogen-bond acceptors (Lipinski definition) is 6. The molecule has 0 spiro atoms. The number of rotatable bonds is 11. The van der Waals surface area contributed by atoms with Crippen LogP contribution >= 0.6 is 0 Å². The van der Waals surface area contributed by atoms with Crippen LogP contribution in [0.2, 0.25) is 0 Å². The Labute approximate surface area is 176 Å². The molecule has 30 heavy (non-hydrogen) atoms. The summed E-state index contributed by atoms with van der Waals surface area (Å²) in [6.07, 6.45) is -0.223. The predicted octanol–water partition coefficient (Wildman–Crippen LogP) is 4.02. The number of nitrogens with one attached hydrogen (secondary N) is 1. The van der Waals surface area contributed by atoms with E-state index >= 15 is 0 Å². The van der Waals surface area contributed by atoms with Crippen molar-refractivity contribution in [2.45, 2.75) is 39.2 Å². The average molecular weight is 413 g/mol. The lowest BCUT2D eigenvalue weighted by molar-refractivity contribution is -0.153. The molecule has 0 unspecified atom stereocenters. The van der Waals surface area contributed by atoms with Gasteiger partial charge in [-0.15, -0.1) is 0 Å². The lowest BCUT2D eigenvalue weighted by atomic mass is 10.1. The second kappa shape index (κ2) is 11.6. The van der Waals surface area contributed by atoms with Crippen molar-refractivity contribution >= 4 is 23.3 Å². The van der Waals surface area contributed by atoms with Gasteiger partial charge in [0.15, 0.2) is 11.9 Å². The van der Waals surface area contributed by atoms with Gasteiger partial charge in [-0.05, 0) is 49.7 Å². The number of carbonyl (C=O) groups excluding carboxylic acids is 3. The second-order valence-electron chi connectivity index (χ2n) is 6.62. The standard InChI is InChI=1S/C23H27NO6/c1-4-15-29-18-11-9-17(10-12-18)20(25)13-14-22(26)30-16(2)23(27)24-19-7-5-6-8-21(19)28-3/h5-12,16H,4,13-15H2,1-3H3,(H,24,27)/t16-/m0/s1. The number of ether oxygens (including phenoxy) is 3.